The molecule has 0 amide bonds. The minimum absolute atomic E-state index is 0.167. The highest BCUT2D eigenvalue weighted by Gasteiger charge is 2.23. The van der Waals surface area contributed by atoms with E-state index in [0.29, 0.717) is 0 Å². The summed E-state index contributed by atoms with van der Waals surface area (Å²) >= 11 is 1.82. The molecule has 1 aliphatic heterocycles. The van der Waals surface area contributed by atoms with Gasteiger partial charge in [0.05, 0.1) is 6.54 Å². The van der Waals surface area contributed by atoms with Crippen LogP contribution < -0.4 is 5.32 Å². The van der Waals surface area contributed by atoms with Crippen LogP contribution in [0.25, 0.3) is 0 Å². The summed E-state index contributed by atoms with van der Waals surface area (Å²) in [6.45, 7) is 7.40. The maximum Gasteiger partial charge on any atom is 0.193 e. The average Bonchev–Trinajstić information content (AvgIpc) is 2.85. The van der Waals surface area contributed by atoms with Gasteiger partial charge >= 0.3 is 0 Å². The van der Waals surface area contributed by atoms with Crippen molar-refractivity contribution in [3.8, 4) is 0 Å². The Labute approximate surface area is 101 Å². The van der Waals surface area contributed by atoms with Crippen LogP contribution in [0.15, 0.2) is 22.5 Å². The normalized spacial score (nSPS) is 16.4. The second kappa shape index (κ2) is 4.45. The molecule has 4 heteroatoms. The van der Waals surface area contributed by atoms with Gasteiger partial charge in [-0.25, -0.2) is 0 Å². The molecule has 1 N–H and O–H groups in total. The molecule has 2 heterocycles. The van der Waals surface area contributed by atoms with Crippen molar-refractivity contribution in [1.82, 2.24) is 10.2 Å². The standard InChI is InChI=1S/C12H19N3S/c1-12(2,10-5-4-8-16-10)9-14-11-13-6-7-15(11)3/h4-5,8H,6-7,9H2,1-3H3,(H,13,14). The van der Waals surface area contributed by atoms with E-state index in [4.69, 9.17) is 0 Å². The van der Waals surface area contributed by atoms with Gasteiger partial charge in [-0.15, -0.1) is 11.3 Å². The van der Waals surface area contributed by atoms with Crippen LogP contribution in [0.2, 0.25) is 0 Å². The Kier molecular flexibility index (Phi) is 3.19. The van der Waals surface area contributed by atoms with Gasteiger partial charge in [-0.3, -0.25) is 4.99 Å². The topological polar surface area (TPSA) is 27.6 Å². The fourth-order valence-corrected chi connectivity index (χ4v) is 2.63. The third kappa shape index (κ3) is 2.38. The first kappa shape index (κ1) is 11.5. The van der Waals surface area contributed by atoms with E-state index in [1.807, 2.05) is 11.3 Å². The van der Waals surface area contributed by atoms with E-state index in [1.54, 1.807) is 0 Å². The Balaban J connectivity index is 1.95. The third-order valence-electron chi connectivity index (χ3n) is 2.94. The van der Waals surface area contributed by atoms with Gasteiger partial charge in [-0.1, -0.05) is 19.9 Å². The molecule has 0 bridgehead atoms. The molecule has 88 valence electrons. The number of hydrogen-bond acceptors (Lipinski definition) is 4. The van der Waals surface area contributed by atoms with Crippen molar-refractivity contribution in [2.45, 2.75) is 19.3 Å². The molecule has 0 aromatic carbocycles. The van der Waals surface area contributed by atoms with E-state index in [1.165, 1.54) is 4.88 Å². The van der Waals surface area contributed by atoms with Gasteiger partial charge < -0.3 is 10.2 Å². The van der Waals surface area contributed by atoms with Crippen molar-refractivity contribution in [3.05, 3.63) is 22.4 Å². The van der Waals surface area contributed by atoms with E-state index < -0.39 is 0 Å². The van der Waals surface area contributed by atoms with Gasteiger partial charge in [-0.05, 0) is 11.4 Å². The van der Waals surface area contributed by atoms with E-state index >= 15 is 0 Å². The molecule has 0 radical (unpaired) electrons. The van der Waals surface area contributed by atoms with Gasteiger partial charge in [0.1, 0.15) is 0 Å². The number of nitrogens with one attached hydrogen (secondary N) is 1. The van der Waals surface area contributed by atoms with E-state index in [9.17, 15) is 0 Å². The highest BCUT2D eigenvalue weighted by molar-refractivity contribution is 7.10. The quantitative estimate of drug-likeness (QED) is 0.869. The number of aliphatic imine (C=N–C) groups is 1. The first-order valence-electron chi connectivity index (χ1n) is 5.63. The molecular weight excluding hydrogens is 218 g/mol. The summed E-state index contributed by atoms with van der Waals surface area (Å²) in [5.41, 5.74) is 0.167. The molecule has 2 rings (SSSR count). The molecule has 3 nitrogen and oxygen atoms in total. The van der Waals surface area contributed by atoms with Crippen LogP contribution in [-0.4, -0.2) is 37.5 Å². The van der Waals surface area contributed by atoms with Crippen molar-refractivity contribution >= 4 is 17.3 Å². The van der Waals surface area contributed by atoms with Gasteiger partial charge in [0.2, 0.25) is 0 Å². The highest BCUT2D eigenvalue weighted by atomic mass is 32.1. The van der Waals surface area contributed by atoms with Gasteiger partial charge in [0.25, 0.3) is 0 Å². The Bertz CT molecular complexity index is 368. The zero-order chi connectivity index (χ0) is 11.6. The van der Waals surface area contributed by atoms with Gasteiger partial charge in [-0.2, -0.15) is 0 Å². The number of thiophene rings is 1. The molecule has 0 atom stereocenters. The summed E-state index contributed by atoms with van der Waals surface area (Å²) in [4.78, 5) is 8.02. The van der Waals surface area contributed by atoms with Crippen LogP contribution in [0.3, 0.4) is 0 Å². The summed E-state index contributed by atoms with van der Waals surface area (Å²) in [7, 11) is 2.08. The maximum absolute atomic E-state index is 4.44. The third-order valence-corrected chi connectivity index (χ3v) is 4.17. The number of hydrogen-bond donors (Lipinski definition) is 1. The van der Waals surface area contributed by atoms with Crippen molar-refractivity contribution in [1.29, 1.82) is 0 Å². The number of guanidine groups is 1. The zero-order valence-corrected chi connectivity index (χ0v) is 11.0. The second-order valence-electron chi connectivity index (χ2n) is 4.84. The van der Waals surface area contributed by atoms with Crippen LogP contribution in [0.1, 0.15) is 18.7 Å². The Morgan fingerprint density at radius 1 is 1.56 bits per heavy atom. The number of rotatable bonds is 3. The van der Waals surface area contributed by atoms with Crippen LogP contribution in [0.5, 0.6) is 0 Å². The van der Waals surface area contributed by atoms with E-state index in [2.05, 4.69) is 53.6 Å². The molecule has 0 aliphatic carbocycles. The highest BCUT2D eigenvalue weighted by Crippen LogP contribution is 2.26. The van der Waals surface area contributed by atoms with E-state index in [0.717, 1.165) is 25.6 Å². The zero-order valence-electron chi connectivity index (χ0n) is 10.2. The predicted octanol–water partition coefficient (Wildman–Crippen LogP) is 1.92. The van der Waals surface area contributed by atoms with Gasteiger partial charge in [0, 0.05) is 30.4 Å². The largest absolute Gasteiger partial charge is 0.355 e. The molecule has 0 spiro atoms. The van der Waals surface area contributed by atoms with E-state index in [-0.39, 0.29) is 5.41 Å². The summed E-state index contributed by atoms with van der Waals surface area (Å²) in [6, 6.07) is 4.31. The van der Waals surface area contributed by atoms with Crippen LogP contribution >= 0.6 is 11.3 Å². The average molecular weight is 237 g/mol. The summed E-state index contributed by atoms with van der Waals surface area (Å²) in [5.74, 6) is 1.03. The predicted molar refractivity (Wildman–Crippen MR) is 70.3 cm³/mol. The molecule has 1 aromatic rings. The monoisotopic (exact) mass is 237 g/mol. The van der Waals surface area contributed by atoms with Crippen molar-refractivity contribution in [2.75, 3.05) is 26.7 Å². The lowest BCUT2D eigenvalue weighted by atomic mass is 9.91. The Hall–Kier alpha value is -1.03. The molecule has 1 aromatic heterocycles. The summed E-state index contributed by atoms with van der Waals surface area (Å²) in [6.07, 6.45) is 0. The Morgan fingerprint density at radius 3 is 2.94 bits per heavy atom. The second-order valence-corrected chi connectivity index (χ2v) is 5.79. The fourth-order valence-electron chi connectivity index (χ4n) is 1.77. The lowest BCUT2D eigenvalue weighted by Gasteiger charge is -2.26. The first-order chi connectivity index (χ1) is 7.59. The fraction of sp³-hybridized carbons (Fsp3) is 0.583. The molecular formula is C12H19N3S. The minimum atomic E-state index is 0.167. The minimum Gasteiger partial charge on any atom is -0.355 e. The van der Waals surface area contributed by atoms with Crippen molar-refractivity contribution < 1.29 is 0 Å². The lowest BCUT2D eigenvalue weighted by Crippen LogP contribution is -2.41. The van der Waals surface area contributed by atoms with Crippen molar-refractivity contribution in [2.24, 2.45) is 4.99 Å². The summed E-state index contributed by atoms with van der Waals surface area (Å²) < 4.78 is 0. The van der Waals surface area contributed by atoms with Crippen LogP contribution in [-0.2, 0) is 5.41 Å². The molecule has 16 heavy (non-hydrogen) atoms. The van der Waals surface area contributed by atoms with Crippen LogP contribution in [0.4, 0.5) is 0 Å². The number of likely N-dealkylation sites (N-methyl/N-ethyl adjacent to an activating group) is 1. The summed E-state index contributed by atoms with van der Waals surface area (Å²) in [5, 5.41) is 5.58. The lowest BCUT2D eigenvalue weighted by molar-refractivity contribution is 0.486. The number of nitrogens with zero attached hydrogens (tertiary/aromatic N) is 2. The molecule has 0 saturated heterocycles. The molecule has 0 unspecified atom stereocenters. The molecule has 0 saturated carbocycles. The smallest absolute Gasteiger partial charge is 0.193 e. The molecule has 1 aliphatic rings. The molecule has 0 fully saturated rings. The van der Waals surface area contributed by atoms with Crippen molar-refractivity contribution in [3.63, 3.8) is 0 Å². The van der Waals surface area contributed by atoms with Crippen LogP contribution in [0, 0.1) is 0 Å². The first-order valence-corrected chi connectivity index (χ1v) is 6.51. The maximum atomic E-state index is 4.44. The Morgan fingerprint density at radius 2 is 2.38 bits per heavy atom. The SMILES string of the molecule is CN1CCN=C1NCC(C)(C)c1cccs1. The van der Waals surface area contributed by atoms with Gasteiger partial charge in [0.15, 0.2) is 5.96 Å².